The van der Waals surface area contributed by atoms with Crippen LogP contribution in [0.5, 0.6) is 0 Å². The highest BCUT2D eigenvalue weighted by atomic mass is 28.2. The van der Waals surface area contributed by atoms with E-state index in [9.17, 15) is 0 Å². The monoisotopic (exact) mass is 162 g/mol. The average molecular weight is 162 g/mol. The van der Waals surface area contributed by atoms with Gasteiger partial charge in [0, 0.05) is 6.61 Å². The molecule has 10 heavy (non-hydrogen) atoms. The SMILES string of the molecule is C1CC[Si]OC1.C=C.N.N. The summed E-state index contributed by atoms with van der Waals surface area (Å²) >= 11 is 0. The number of hydrogen-bond donors (Lipinski definition) is 2. The van der Waals surface area contributed by atoms with Gasteiger partial charge in [0.15, 0.2) is 0 Å². The van der Waals surface area contributed by atoms with E-state index in [4.69, 9.17) is 4.43 Å². The van der Waals surface area contributed by atoms with Crippen LogP contribution < -0.4 is 12.3 Å². The van der Waals surface area contributed by atoms with E-state index in [1.807, 2.05) is 0 Å². The molecule has 0 aromatic heterocycles. The molecule has 1 saturated heterocycles. The molecular formula is C6H18N2OSi. The first-order valence-electron chi connectivity index (χ1n) is 2.85. The van der Waals surface area contributed by atoms with Gasteiger partial charge in [0.25, 0.3) is 0 Å². The summed E-state index contributed by atoms with van der Waals surface area (Å²) in [5.41, 5.74) is 0. The molecule has 0 saturated carbocycles. The van der Waals surface area contributed by atoms with Crippen LogP contribution in [-0.4, -0.2) is 16.4 Å². The van der Waals surface area contributed by atoms with Crippen LogP contribution in [0.2, 0.25) is 6.04 Å². The molecular weight excluding hydrogens is 144 g/mol. The minimum absolute atomic E-state index is 0. The largest absolute Gasteiger partial charge is 0.417 e. The van der Waals surface area contributed by atoms with Crippen molar-refractivity contribution in [3.63, 3.8) is 0 Å². The van der Waals surface area contributed by atoms with Crippen LogP contribution in [0.1, 0.15) is 12.8 Å². The van der Waals surface area contributed by atoms with Gasteiger partial charge in [-0.05, 0) is 12.5 Å². The molecule has 1 rings (SSSR count). The van der Waals surface area contributed by atoms with Gasteiger partial charge in [0.2, 0.25) is 9.76 Å². The molecule has 0 aromatic carbocycles. The van der Waals surface area contributed by atoms with Crippen molar-refractivity contribution in [1.29, 1.82) is 0 Å². The molecule has 0 amide bonds. The Labute approximate surface area is 66.0 Å². The van der Waals surface area contributed by atoms with Crippen molar-refractivity contribution < 1.29 is 4.43 Å². The van der Waals surface area contributed by atoms with Crippen LogP contribution >= 0.6 is 0 Å². The summed E-state index contributed by atoms with van der Waals surface area (Å²) in [4.78, 5) is 0. The highest BCUT2D eigenvalue weighted by Gasteiger charge is 1.97. The van der Waals surface area contributed by atoms with Crippen molar-refractivity contribution >= 4 is 9.76 Å². The minimum Gasteiger partial charge on any atom is -0.417 e. The molecule has 1 fully saturated rings. The maximum absolute atomic E-state index is 5.10. The molecule has 1 heterocycles. The van der Waals surface area contributed by atoms with Gasteiger partial charge in [-0.15, -0.1) is 13.2 Å². The first-order valence-corrected chi connectivity index (χ1v) is 3.96. The van der Waals surface area contributed by atoms with E-state index in [1.165, 1.54) is 18.9 Å². The highest BCUT2D eigenvalue weighted by Crippen LogP contribution is 2.01. The van der Waals surface area contributed by atoms with E-state index in [0.717, 1.165) is 16.4 Å². The predicted octanol–water partition coefficient (Wildman–Crippen LogP) is 1.96. The fourth-order valence-electron chi connectivity index (χ4n) is 0.516. The summed E-state index contributed by atoms with van der Waals surface area (Å²) in [5.74, 6) is 0. The quantitative estimate of drug-likeness (QED) is 0.422. The molecule has 0 aliphatic carbocycles. The lowest BCUT2D eigenvalue weighted by Crippen LogP contribution is -2.06. The summed E-state index contributed by atoms with van der Waals surface area (Å²) < 4.78 is 5.10. The van der Waals surface area contributed by atoms with Crippen molar-refractivity contribution in [1.82, 2.24) is 12.3 Å². The van der Waals surface area contributed by atoms with Crippen molar-refractivity contribution in [2.45, 2.75) is 18.9 Å². The smallest absolute Gasteiger partial charge is 0.229 e. The fourth-order valence-corrected chi connectivity index (χ4v) is 1.34. The van der Waals surface area contributed by atoms with Crippen LogP contribution in [0.15, 0.2) is 13.2 Å². The van der Waals surface area contributed by atoms with Gasteiger partial charge in [-0.25, -0.2) is 0 Å². The zero-order valence-corrected chi connectivity index (χ0v) is 7.57. The zero-order valence-electron chi connectivity index (χ0n) is 6.57. The predicted molar refractivity (Wildman–Crippen MR) is 47.0 cm³/mol. The topological polar surface area (TPSA) is 79.2 Å². The van der Waals surface area contributed by atoms with E-state index in [-0.39, 0.29) is 12.3 Å². The van der Waals surface area contributed by atoms with Crippen LogP contribution in [0, 0.1) is 0 Å². The second-order valence-corrected chi connectivity index (χ2v) is 2.53. The van der Waals surface area contributed by atoms with Gasteiger partial charge in [-0.3, -0.25) is 0 Å². The first kappa shape index (κ1) is 16.4. The maximum Gasteiger partial charge on any atom is 0.229 e. The molecule has 0 spiro atoms. The Kier molecular flexibility index (Phi) is 26.2. The highest BCUT2D eigenvalue weighted by molar-refractivity contribution is 6.27. The van der Waals surface area contributed by atoms with Gasteiger partial charge in [0.1, 0.15) is 0 Å². The Hall–Kier alpha value is -0.163. The van der Waals surface area contributed by atoms with Crippen molar-refractivity contribution in [2.24, 2.45) is 0 Å². The summed E-state index contributed by atoms with van der Waals surface area (Å²) in [6, 6.07) is 1.31. The second-order valence-electron chi connectivity index (χ2n) is 1.45. The van der Waals surface area contributed by atoms with E-state index in [2.05, 4.69) is 13.2 Å². The van der Waals surface area contributed by atoms with Gasteiger partial charge >= 0.3 is 0 Å². The maximum atomic E-state index is 5.10. The molecule has 0 bridgehead atoms. The number of rotatable bonds is 0. The average Bonchev–Trinajstić information content (AvgIpc) is 1.96. The van der Waals surface area contributed by atoms with Crippen LogP contribution in [-0.2, 0) is 4.43 Å². The molecule has 4 heteroatoms. The van der Waals surface area contributed by atoms with Gasteiger partial charge < -0.3 is 16.7 Å². The molecule has 0 atom stereocenters. The third-order valence-corrected chi connectivity index (χ3v) is 1.84. The van der Waals surface area contributed by atoms with Crippen molar-refractivity contribution in [3.8, 4) is 0 Å². The molecule has 2 radical (unpaired) electrons. The van der Waals surface area contributed by atoms with E-state index < -0.39 is 0 Å². The molecule has 0 unspecified atom stereocenters. The fraction of sp³-hybridized carbons (Fsp3) is 0.667. The van der Waals surface area contributed by atoms with Crippen molar-refractivity contribution in [2.75, 3.05) is 6.61 Å². The summed E-state index contributed by atoms with van der Waals surface area (Å²) in [6.07, 6.45) is 2.67. The van der Waals surface area contributed by atoms with Crippen LogP contribution in [0.4, 0.5) is 0 Å². The zero-order chi connectivity index (χ0) is 6.24. The molecule has 3 nitrogen and oxygen atoms in total. The molecule has 1 aliphatic rings. The Bertz CT molecular complexity index is 39.5. The normalized spacial score (nSPS) is 14.8. The van der Waals surface area contributed by atoms with Gasteiger partial charge in [-0.1, -0.05) is 6.42 Å². The summed E-state index contributed by atoms with van der Waals surface area (Å²) in [7, 11) is 0.802. The minimum atomic E-state index is 0. The van der Waals surface area contributed by atoms with Crippen molar-refractivity contribution in [3.05, 3.63) is 13.2 Å². The summed E-state index contributed by atoms with van der Waals surface area (Å²) in [6.45, 7) is 7.01. The van der Waals surface area contributed by atoms with Gasteiger partial charge in [-0.2, -0.15) is 0 Å². The first-order chi connectivity index (χ1) is 4.00. The Morgan fingerprint density at radius 3 is 1.80 bits per heavy atom. The van der Waals surface area contributed by atoms with Gasteiger partial charge in [0.05, 0.1) is 0 Å². The molecule has 1 aliphatic heterocycles. The van der Waals surface area contributed by atoms with Crippen LogP contribution in [0.25, 0.3) is 0 Å². The van der Waals surface area contributed by atoms with E-state index in [1.54, 1.807) is 0 Å². The Morgan fingerprint density at radius 2 is 1.70 bits per heavy atom. The van der Waals surface area contributed by atoms with E-state index in [0.29, 0.717) is 0 Å². The third-order valence-electron chi connectivity index (χ3n) is 0.877. The third kappa shape index (κ3) is 10.8. The lowest BCUT2D eigenvalue weighted by molar-refractivity contribution is 0.304. The van der Waals surface area contributed by atoms with Crippen LogP contribution in [0.3, 0.4) is 0 Å². The standard InChI is InChI=1S/C4H8OSi.C2H4.2H3N/c1-2-4-6-5-3-1;1-2;;/h1-4H2;1-2H2;2*1H3. The molecule has 6 N–H and O–H groups in total. The lowest BCUT2D eigenvalue weighted by atomic mass is 10.4. The second kappa shape index (κ2) is 15.9. The lowest BCUT2D eigenvalue weighted by Gasteiger charge is -2.06. The van der Waals surface area contributed by atoms with E-state index >= 15 is 0 Å². The molecule has 0 aromatic rings. The summed E-state index contributed by atoms with van der Waals surface area (Å²) in [5, 5.41) is 0. The Balaban J connectivity index is -0.000000114. The Morgan fingerprint density at radius 1 is 1.10 bits per heavy atom. The number of hydrogen-bond acceptors (Lipinski definition) is 3. The molecule has 62 valence electrons.